The third kappa shape index (κ3) is 3.16. The summed E-state index contributed by atoms with van der Waals surface area (Å²) >= 11 is 0. The second kappa shape index (κ2) is 6.70. The van der Waals surface area contributed by atoms with Crippen molar-refractivity contribution in [3.8, 4) is 17.3 Å². The van der Waals surface area contributed by atoms with E-state index in [2.05, 4.69) is 46.6 Å². The molecule has 1 saturated heterocycles. The van der Waals surface area contributed by atoms with Crippen LogP contribution in [0.25, 0.3) is 16.9 Å². The number of hydrogen-bond donors (Lipinski definition) is 0. The molecule has 1 aliphatic heterocycles. The van der Waals surface area contributed by atoms with E-state index in [0.29, 0.717) is 5.56 Å². The van der Waals surface area contributed by atoms with Crippen LogP contribution in [-0.2, 0) is 6.54 Å². The number of aromatic nitrogens is 2. The van der Waals surface area contributed by atoms with Crippen LogP contribution in [0.4, 0.5) is 0 Å². The van der Waals surface area contributed by atoms with E-state index in [1.165, 1.54) is 30.5 Å². The summed E-state index contributed by atoms with van der Waals surface area (Å²) in [4.78, 5) is 7.38. The predicted octanol–water partition coefficient (Wildman–Crippen LogP) is 4.17. The molecule has 4 heteroatoms. The standard InChI is InChI=1S/C21H22N4/c1-16-5-8-18(9-6-16)21-19(15-24-11-3-2-4-12-24)25-14-17(13-22)7-10-20(25)23-21/h5-10,14H,2-4,11-12,15H2,1H3. The number of benzene rings is 1. The lowest BCUT2D eigenvalue weighted by atomic mass is 10.1. The number of hydrogen-bond acceptors (Lipinski definition) is 3. The Balaban J connectivity index is 1.83. The zero-order chi connectivity index (χ0) is 17.2. The first-order valence-corrected chi connectivity index (χ1v) is 8.95. The number of nitrogens with zero attached hydrogens (tertiary/aromatic N) is 4. The van der Waals surface area contributed by atoms with Crippen molar-refractivity contribution in [3.05, 3.63) is 59.4 Å². The molecule has 0 radical (unpaired) electrons. The number of pyridine rings is 1. The van der Waals surface area contributed by atoms with Gasteiger partial charge >= 0.3 is 0 Å². The van der Waals surface area contributed by atoms with Crippen molar-refractivity contribution in [2.24, 2.45) is 0 Å². The van der Waals surface area contributed by atoms with Gasteiger partial charge in [0.2, 0.25) is 0 Å². The summed E-state index contributed by atoms with van der Waals surface area (Å²) in [6.45, 7) is 5.25. The lowest BCUT2D eigenvalue weighted by molar-refractivity contribution is 0.218. The highest BCUT2D eigenvalue weighted by Crippen LogP contribution is 2.27. The largest absolute Gasteiger partial charge is 0.301 e. The summed E-state index contributed by atoms with van der Waals surface area (Å²) in [6.07, 6.45) is 5.77. The van der Waals surface area contributed by atoms with Crippen molar-refractivity contribution in [1.29, 1.82) is 5.26 Å². The molecule has 1 fully saturated rings. The van der Waals surface area contributed by atoms with E-state index < -0.39 is 0 Å². The average molecular weight is 330 g/mol. The van der Waals surface area contributed by atoms with E-state index in [9.17, 15) is 5.26 Å². The Labute approximate surface area is 148 Å². The molecule has 2 aromatic heterocycles. The predicted molar refractivity (Wildman–Crippen MR) is 99.2 cm³/mol. The molecule has 126 valence electrons. The van der Waals surface area contributed by atoms with Crippen molar-refractivity contribution in [3.63, 3.8) is 0 Å². The molecule has 0 bridgehead atoms. The average Bonchev–Trinajstić information content (AvgIpc) is 3.01. The van der Waals surface area contributed by atoms with Crippen LogP contribution in [0.1, 0.15) is 36.1 Å². The number of imidazole rings is 1. The van der Waals surface area contributed by atoms with Gasteiger partial charge in [-0.15, -0.1) is 0 Å². The van der Waals surface area contributed by atoms with Crippen LogP contribution in [0.2, 0.25) is 0 Å². The molecule has 3 heterocycles. The SMILES string of the molecule is Cc1ccc(-c2nc3ccc(C#N)cn3c2CN2CCCCC2)cc1. The van der Waals surface area contributed by atoms with Crippen LogP contribution in [-0.4, -0.2) is 27.4 Å². The van der Waals surface area contributed by atoms with Crippen LogP contribution in [0.5, 0.6) is 0 Å². The fourth-order valence-electron chi connectivity index (χ4n) is 3.58. The molecule has 25 heavy (non-hydrogen) atoms. The van der Waals surface area contributed by atoms with Gasteiger partial charge < -0.3 is 4.40 Å². The molecular weight excluding hydrogens is 308 g/mol. The Hall–Kier alpha value is -2.64. The number of piperidine rings is 1. The topological polar surface area (TPSA) is 44.3 Å². The summed E-state index contributed by atoms with van der Waals surface area (Å²) in [6, 6.07) is 14.6. The Kier molecular flexibility index (Phi) is 4.25. The van der Waals surface area contributed by atoms with Gasteiger partial charge in [0.1, 0.15) is 11.7 Å². The first-order valence-electron chi connectivity index (χ1n) is 8.95. The van der Waals surface area contributed by atoms with Crippen LogP contribution in [0.3, 0.4) is 0 Å². The van der Waals surface area contributed by atoms with Crippen molar-refractivity contribution >= 4 is 5.65 Å². The number of aryl methyl sites for hydroxylation is 1. The minimum atomic E-state index is 0.667. The minimum Gasteiger partial charge on any atom is -0.301 e. The highest BCUT2D eigenvalue weighted by atomic mass is 15.2. The zero-order valence-corrected chi connectivity index (χ0v) is 14.6. The van der Waals surface area contributed by atoms with Gasteiger partial charge in [-0.05, 0) is 45.0 Å². The number of likely N-dealkylation sites (tertiary alicyclic amines) is 1. The van der Waals surface area contributed by atoms with Crippen molar-refractivity contribution in [1.82, 2.24) is 14.3 Å². The molecule has 4 nitrogen and oxygen atoms in total. The molecule has 4 rings (SSSR count). The molecule has 3 aromatic rings. The Morgan fingerprint density at radius 3 is 2.52 bits per heavy atom. The van der Waals surface area contributed by atoms with Crippen molar-refractivity contribution in [2.75, 3.05) is 13.1 Å². The van der Waals surface area contributed by atoms with Gasteiger partial charge in [0.15, 0.2) is 0 Å². The molecule has 0 saturated carbocycles. The Morgan fingerprint density at radius 2 is 1.80 bits per heavy atom. The van der Waals surface area contributed by atoms with E-state index in [0.717, 1.165) is 36.5 Å². The Bertz CT molecular complexity index is 925. The van der Waals surface area contributed by atoms with Gasteiger partial charge in [-0.2, -0.15) is 5.26 Å². The maximum Gasteiger partial charge on any atom is 0.137 e. The van der Waals surface area contributed by atoms with E-state index in [-0.39, 0.29) is 0 Å². The summed E-state index contributed by atoms with van der Waals surface area (Å²) in [7, 11) is 0. The molecule has 0 unspecified atom stereocenters. The quantitative estimate of drug-likeness (QED) is 0.724. The van der Waals surface area contributed by atoms with Crippen LogP contribution >= 0.6 is 0 Å². The van der Waals surface area contributed by atoms with Crippen LogP contribution in [0, 0.1) is 18.3 Å². The van der Waals surface area contributed by atoms with Gasteiger partial charge in [-0.25, -0.2) is 4.98 Å². The second-order valence-corrected chi connectivity index (χ2v) is 6.87. The highest BCUT2D eigenvalue weighted by Gasteiger charge is 2.19. The molecule has 1 aliphatic rings. The van der Waals surface area contributed by atoms with Gasteiger partial charge in [0.05, 0.1) is 17.0 Å². The van der Waals surface area contributed by atoms with Crippen molar-refractivity contribution < 1.29 is 0 Å². The fourth-order valence-corrected chi connectivity index (χ4v) is 3.58. The van der Waals surface area contributed by atoms with Crippen molar-refractivity contribution in [2.45, 2.75) is 32.7 Å². The smallest absolute Gasteiger partial charge is 0.137 e. The number of rotatable bonds is 3. The molecule has 1 aromatic carbocycles. The normalized spacial score (nSPS) is 15.4. The van der Waals surface area contributed by atoms with E-state index >= 15 is 0 Å². The monoisotopic (exact) mass is 330 g/mol. The Morgan fingerprint density at radius 1 is 1.04 bits per heavy atom. The molecule has 0 aliphatic carbocycles. The lowest BCUT2D eigenvalue weighted by Crippen LogP contribution is -2.29. The van der Waals surface area contributed by atoms with E-state index in [4.69, 9.17) is 4.98 Å². The molecule has 0 atom stereocenters. The summed E-state index contributed by atoms with van der Waals surface area (Å²) in [5, 5.41) is 9.27. The van der Waals surface area contributed by atoms with E-state index in [1.54, 1.807) is 0 Å². The maximum atomic E-state index is 9.27. The summed E-state index contributed by atoms with van der Waals surface area (Å²) in [5.74, 6) is 0. The first kappa shape index (κ1) is 15.9. The highest BCUT2D eigenvalue weighted by molar-refractivity contribution is 5.67. The number of fused-ring (bicyclic) bond motifs is 1. The van der Waals surface area contributed by atoms with Gasteiger partial charge in [-0.1, -0.05) is 36.2 Å². The third-order valence-corrected chi connectivity index (χ3v) is 4.99. The summed E-state index contributed by atoms with van der Waals surface area (Å²) in [5.41, 5.74) is 6.16. The second-order valence-electron chi connectivity index (χ2n) is 6.87. The molecule has 0 amide bonds. The minimum absolute atomic E-state index is 0.667. The van der Waals surface area contributed by atoms with Crippen LogP contribution in [0.15, 0.2) is 42.6 Å². The third-order valence-electron chi connectivity index (χ3n) is 4.99. The van der Waals surface area contributed by atoms with Gasteiger partial charge in [0.25, 0.3) is 0 Å². The first-order chi connectivity index (χ1) is 12.2. The summed E-state index contributed by atoms with van der Waals surface area (Å²) < 4.78 is 2.10. The van der Waals surface area contributed by atoms with Gasteiger partial charge in [0, 0.05) is 18.3 Å². The van der Waals surface area contributed by atoms with Crippen LogP contribution < -0.4 is 0 Å². The maximum absolute atomic E-state index is 9.27. The zero-order valence-electron chi connectivity index (χ0n) is 14.6. The molecule has 0 spiro atoms. The van der Waals surface area contributed by atoms with E-state index in [1.807, 2.05) is 18.3 Å². The molecular formula is C21H22N4. The number of nitriles is 1. The molecule has 0 N–H and O–H groups in total. The fraction of sp³-hybridized carbons (Fsp3) is 0.333. The lowest BCUT2D eigenvalue weighted by Gasteiger charge is -2.26. The van der Waals surface area contributed by atoms with Gasteiger partial charge in [-0.3, -0.25) is 4.90 Å².